The number of nitrogens with one attached hydrogen (secondary N) is 1. The lowest BCUT2D eigenvalue weighted by Gasteiger charge is -2.17. The van der Waals surface area contributed by atoms with Crippen LogP contribution in [0.3, 0.4) is 0 Å². The van der Waals surface area contributed by atoms with Crippen LogP contribution in [0.5, 0.6) is 5.75 Å². The van der Waals surface area contributed by atoms with Crippen LogP contribution in [-0.4, -0.2) is 14.2 Å². The number of halogens is 1. The summed E-state index contributed by atoms with van der Waals surface area (Å²) in [7, 11) is 3.35. The van der Waals surface area contributed by atoms with Gasteiger partial charge in [-0.3, -0.25) is 0 Å². The lowest BCUT2D eigenvalue weighted by molar-refractivity contribution is 0.382. The van der Waals surface area contributed by atoms with Gasteiger partial charge in [0.15, 0.2) is 11.6 Å². The highest BCUT2D eigenvalue weighted by atomic mass is 19.1. The normalized spacial score (nSPS) is 12.4. The van der Waals surface area contributed by atoms with Gasteiger partial charge in [-0.2, -0.15) is 0 Å². The van der Waals surface area contributed by atoms with Crippen LogP contribution in [-0.2, 0) is 12.8 Å². The van der Waals surface area contributed by atoms with Crippen molar-refractivity contribution >= 4 is 0 Å². The largest absolute Gasteiger partial charge is 0.494 e. The molecule has 0 bridgehead atoms. The first kappa shape index (κ1) is 14.6. The van der Waals surface area contributed by atoms with Crippen molar-refractivity contribution in [2.75, 3.05) is 14.2 Å². The quantitative estimate of drug-likeness (QED) is 0.877. The van der Waals surface area contributed by atoms with E-state index < -0.39 is 0 Å². The number of rotatable bonds is 6. The third-order valence-electron chi connectivity index (χ3n) is 3.51. The Morgan fingerprint density at radius 2 is 2.15 bits per heavy atom. The third kappa shape index (κ3) is 2.85. The molecule has 1 N–H and O–H groups in total. The Labute approximate surface area is 118 Å². The Hall–Kier alpha value is -1.81. The molecule has 3 nitrogen and oxygen atoms in total. The molecule has 0 saturated carbocycles. The van der Waals surface area contributed by atoms with Crippen LogP contribution in [0.1, 0.15) is 29.9 Å². The summed E-state index contributed by atoms with van der Waals surface area (Å²) in [5.41, 5.74) is 1.71. The highest BCUT2D eigenvalue weighted by Gasteiger charge is 2.18. The smallest absolute Gasteiger partial charge is 0.168 e. The molecule has 108 valence electrons. The second kappa shape index (κ2) is 6.57. The summed E-state index contributed by atoms with van der Waals surface area (Å²) < 4.78 is 24.7. The molecule has 2 rings (SSSR count). The number of likely N-dealkylation sites (N-methyl/N-ethyl adjacent to an activating group) is 1. The molecule has 1 aromatic heterocycles. The number of methoxy groups -OCH3 is 1. The van der Waals surface area contributed by atoms with E-state index >= 15 is 0 Å². The molecule has 0 aliphatic rings. The number of aryl methyl sites for hydroxylation is 1. The van der Waals surface area contributed by atoms with Crippen molar-refractivity contribution in [3.05, 3.63) is 53.2 Å². The van der Waals surface area contributed by atoms with Gasteiger partial charge in [-0.25, -0.2) is 4.39 Å². The van der Waals surface area contributed by atoms with E-state index in [2.05, 4.69) is 5.32 Å². The SMILES string of the molecule is CCc1occc1C(Cc1cccc(OC)c1F)NC. The number of ether oxygens (including phenoxy) is 1. The Kier molecular flexibility index (Phi) is 4.79. The lowest BCUT2D eigenvalue weighted by atomic mass is 9.98. The molecule has 0 amide bonds. The van der Waals surface area contributed by atoms with E-state index in [1.54, 1.807) is 24.5 Å². The summed E-state index contributed by atoms with van der Waals surface area (Å²) in [6.45, 7) is 2.04. The molecule has 0 spiro atoms. The van der Waals surface area contributed by atoms with Gasteiger partial charge < -0.3 is 14.5 Å². The molecule has 0 aliphatic heterocycles. The third-order valence-corrected chi connectivity index (χ3v) is 3.51. The van der Waals surface area contributed by atoms with E-state index in [1.165, 1.54) is 7.11 Å². The molecule has 1 aromatic carbocycles. The average molecular weight is 277 g/mol. The van der Waals surface area contributed by atoms with Crippen molar-refractivity contribution < 1.29 is 13.5 Å². The Bertz CT molecular complexity index is 565. The fourth-order valence-electron chi connectivity index (χ4n) is 2.41. The monoisotopic (exact) mass is 277 g/mol. The standard InChI is InChI=1S/C16H20FNO2/c1-4-14-12(8-9-20-14)13(18-2)10-11-6-5-7-15(19-3)16(11)17/h5-9,13,18H,4,10H2,1-3H3. The van der Waals surface area contributed by atoms with Crippen LogP contribution in [0.2, 0.25) is 0 Å². The Morgan fingerprint density at radius 1 is 1.35 bits per heavy atom. The summed E-state index contributed by atoms with van der Waals surface area (Å²) in [5, 5.41) is 3.22. The predicted molar refractivity (Wildman–Crippen MR) is 76.5 cm³/mol. The predicted octanol–water partition coefficient (Wildman–Crippen LogP) is 3.49. The molecule has 0 saturated heterocycles. The second-order valence-electron chi connectivity index (χ2n) is 4.63. The van der Waals surface area contributed by atoms with Crippen LogP contribution in [0.15, 0.2) is 34.9 Å². The molecule has 1 unspecified atom stereocenters. The summed E-state index contributed by atoms with van der Waals surface area (Å²) in [6.07, 6.45) is 3.05. The maximum absolute atomic E-state index is 14.2. The van der Waals surface area contributed by atoms with Crippen molar-refractivity contribution in [3.8, 4) is 5.75 Å². The van der Waals surface area contributed by atoms with Gasteiger partial charge in [-0.15, -0.1) is 0 Å². The molecular weight excluding hydrogens is 257 g/mol. The maximum Gasteiger partial charge on any atom is 0.168 e. The molecule has 4 heteroatoms. The molecule has 0 radical (unpaired) electrons. The number of benzene rings is 1. The highest BCUT2D eigenvalue weighted by Crippen LogP contribution is 2.27. The van der Waals surface area contributed by atoms with E-state index in [-0.39, 0.29) is 17.6 Å². The van der Waals surface area contributed by atoms with Gasteiger partial charge in [0.1, 0.15) is 5.76 Å². The van der Waals surface area contributed by atoms with E-state index in [0.29, 0.717) is 12.0 Å². The fraction of sp³-hybridized carbons (Fsp3) is 0.375. The summed E-state index contributed by atoms with van der Waals surface area (Å²) in [4.78, 5) is 0. The van der Waals surface area contributed by atoms with Gasteiger partial charge in [0, 0.05) is 18.0 Å². The van der Waals surface area contributed by atoms with Crippen LogP contribution in [0.4, 0.5) is 4.39 Å². The maximum atomic E-state index is 14.2. The molecule has 1 atom stereocenters. The van der Waals surface area contributed by atoms with Gasteiger partial charge in [-0.1, -0.05) is 19.1 Å². The number of hydrogen-bond acceptors (Lipinski definition) is 3. The van der Waals surface area contributed by atoms with Crippen molar-refractivity contribution in [2.24, 2.45) is 0 Å². The zero-order chi connectivity index (χ0) is 14.5. The Morgan fingerprint density at radius 3 is 2.80 bits per heavy atom. The van der Waals surface area contributed by atoms with Crippen LogP contribution in [0.25, 0.3) is 0 Å². The molecule has 1 heterocycles. The van der Waals surface area contributed by atoms with E-state index in [0.717, 1.165) is 17.7 Å². The van der Waals surface area contributed by atoms with Gasteiger partial charge in [0.05, 0.1) is 13.4 Å². The van der Waals surface area contributed by atoms with Crippen molar-refractivity contribution in [1.29, 1.82) is 0 Å². The van der Waals surface area contributed by atoms with E-state index in [9.17, 15) is 4.39 Å². The first-order valence-electron chi connectivity index (χ1n) is 6.76. The number of hydrogen-bond donors (Lipinski definition) is 1. The van der Waals surface area contributed by atoms with Gasteiger partial charge >= 0.3 is 0 Å². The van der Waals surface area contributed by atoms with Crippen molar-refractivity contribution in [3.63, 3.8) is 0 Å². The zero-order valence-corrected chi connectivity index (χ0v) is 12.1. The summed E-state index contributed by atoms with van der Waals surface area (Å²) in [6, 6.07) is 7.18. The highest BCUT2D eigenvalue weighted by molar-refractivity contribution is 5.33. The van der Waals surface area contributed by atoms with Gasteiger partial charge in [-0.05, 0) is 31.2 Å². The molecule has 20 heavy (non-hydrogen) atoms. The Balaban J connectivity index is 2.27. The minimum absolute atomic E-state index is 0.0188. The van der Waals surface area contributed by atoms with Crippen molar-refractivity contribution in [1.82, 2.24) is 5.32 Å². The van der Waals surface area contributed by atoms with Gasteiger partial charge in [0.25, 0.3) is 0 Å². The van der Waals surface area contributed by atoms with Gasteiger partial charge in [0.2, 0.25) is 0 Å². The van der Waals surface area contributed by atoms with Crippen LogP contribution >= 0.6 is 0 Å². The number of furan rings is 1. The second-order valence-corrected chi connectivity index (χ2v) is 4.63. The van der Waals surface area contributed by atoms with E-state index in [1.807, 2.05) is 20.0 Å². The first-order chi connectivity index (χ1) is 9.71. The van der Waals surface area contributed by atoms with Crippen LogP contribution in [0, 0.1) is 5.82 Å². The molecular formula is C16H20FNO2. The fourth-order valence-corrected chi connectivity index (χ4v) is 2.41. The minimum Gasteiger partial charge on any atom is -0.494 e. The molecule has 0 fully saturated rings. The first-order valence-corrected chi connectivity index (χ1v) is 6.76. The molecule has 2 aromatic rings. The lowest BCUT2D eigenvalue weighted by Crippen LogP contribution is -2.20. The minimum atomic E-state index is -0.295. The van der Waals surface area contributed by atoms with Crippen molar-refractivity contribution in [2.45, 2.75) is 25.8 Å². The van der Waals surface area contributed by atoms with Crippen LogP contribution < -0.4 is 10.1 Å². The van der Waals surface area contributed by atoms with E-state index in [4.69, 9.17) is 9.15 Å². The summed E-state index contributed by atoms with van der Waals surface area (Å²) >= 11 is 0. The topological polar surface area (TPSA) is 34.4 Å². The average Bonchev–Trinajstić information content (AvgIpc) is 2.94. The molecule has 0 aliphatic carbocycles. The zero-order valence-electron chi connectivity index (χ0n) is 12.1. The summed E-state index contributed by atoms with van der Waals surface area (Å²) in [5.74, 6) is 0.921.